The van der Waals surface area contributed by atoms with E-state index in [4.69, 9.17) is 4.74 Å². The van der Waals surface area contributed by atoms with Gasteiger partial charge in [-0.05, 0) is 24.6 Å². The van der Waals surface area contributed by atoms with Crippen molar-refractivity contribution >= 4 is 11.6 Å². The molecule has 1 aromatic rings. The number of amides is 1. The lowest BCUT2D eigenvalue weighted by atomic mass is 10.1. The van der Waals surface area contributed by atoms with Gasteiger partial charge in [0.15, 0.2) is 6.10 Å². The first-order valence-corrected chi connectivity index (χ1v) is 5.10. The van der Waals surface area contributed by atoms with Gasteiger partial charge in [-0.3, -0.25) is 4.79 Å². The average molecular weight is 245 g/mol. The molecule has 1 atom stereocenters. The third kappa shape index (κ3) is 2.20. The van der Waals surface area contributed by atoms with Crippen LogP contribution in [0.5, 0.6) is 5.75 Å². The molecule has 0 aliphatic carbocycles. The smallest absolute Gasteiger partial charge is 0.416 e. The second kappa shape index (κ2) is 3.94. The summed E-state index contributed by atoms with van der Waals surface area (Å²) >= 11 is 0. The Morgan fingerprint density at radius 3 is 2.71 bits per heavy atom. The summed E-state index contributed by atoms with van der Waals surface area (Å²) < 4.78 is 42.6. The molecule has 0 fully saturated rings. The van der Waals surface area contributed by atoms with E-state index < -0.39 is 17.8 Å². The quantitative estimate of drug-likeness (QED) is 0.826. The summed E-state index contributed by atoms with van der Waals surface area (Å²) in [5.74, 6) is -0.272. The van der Waals surface area contributed by atoms with Crippen LogP contribution in [-0.2, 0) is 11.0 Å². The molecule has 0 saturated carbocycles. The third-order valence-electron chi connectivity index (χ3n) is 2.50. The Morgan fingerprint density at radius 2 is 2.12 bits per heavy atom. The Hall–Kier alpha value is -1.72. The normalized spacial score (nSPS) is 19.3. The van der Waals surface area contributed by atoms with Crippen molar-refractivity contribution in [2.24, 2.45) is 0 Å². The van der Waals surface area contributed by atoms with Crippen LogP contribution in [0.1, 0.15) is 18.9 Å². The highest BCUT2D eigenvalue weighted by molar-refractivity contribution is 5.97. The van der Waals surface area contributed by atoms with E-state index in [2.05, 4.69) is 5.32 Å². The van der Waals surface area contributed by atoms with Gasteiger partial charge in [0.05, 0.1) is 11.3 Å². The van der Waals surface area contributed by atoms with Gasteiger partial charge in [0.1, 0.15) is 5.75 Å². The van der Waals surface area contributed by atoms with E-state index in [0.29, 0.717) is 6.42 Å². The van der Waals surface area contributed by atoms with E-state index >= 15 is 0 Å². The lowest BCUT2D eigenvalue weighted by Crippen LogP contribution is -2.36. The number of carbonyl (C=O) groups excluding carboxylic acids is 1. The number of nitrogens with one attached hydrogen (secondary N) is 1. The van der Waals surface area contributed by atoms with Crippen LogP contribution < -0.4 is 10.1 Å². The predicted octanol–water partition coefficient (Wildman–Crippen LogP) is 2.81. The molecular formula is C11H10F3NO2. The molecule has 0 aromatic heterocycles. The van der Waals surface area contributed by atoms with E-state index in [0.717, 1.165) is 12.1 Å². The van der Waals surface area contributed by atoms with Gasteiger partial charge in [0, 0.05) is 0 Å². The van der Waals surface area contributed by atoms with Crippen LogP contribution in [0.3, 0.4) is 0 Å². The summed E-state index contributed by atoms with van der Waals surface area (Å²) in [6.07, 6.45) is -4.74. The Morgan fingerprint density at radius 1 is 1.41 bits per heavy atom. The second-order valence-electron chi connectivity index (χ2n) is 3.71. The molecule has 2 rings (SSSR count). The van der Waals surface area contributed by atoms with Gasteiger partial charge >= 0.3 is 6.18 Å². The van der Waals surface area contributed by atoms with Gasteiger partial charge in [-0.2, -0.15) is 13.2 Å². The maximum Gasteiger partial charge on any atom is 0.416 e. The molecule has 92 valence electrons. The van der Waals surface area contributed by atoms with E-state index in [1.807, 2.05) is 0 Å². The first-order chi connectivity index (χ1) is 7.91. The summed E-state index contributed by atoms with van der Waals surface area (Å²) in [5, 5.41) is 2.51. The maximum absolute atomic E-state index is 12.5. The Bertz CT molecular complexity index is 457. The number of rotatable bonds is 1. The minimum Gasteiger partial charge on any atom is -0.478 e. The maximum atomic E-state index is 12.5. The van der Waals surface area contributed by atoms with Crippen molar-refractivity contribution in [2.75, 3.05) is 5.32 Å². The topological polar surface area (TPSA) is 38.3 Å². The molecule has 0 bridgehead atoms. The fourth-order valence-electron chi connectivity index (χ4n) is 1.59. The fourth-order valence-corrected chi connectivity index (χ4v) is 1.59. The lowest BCUT2D eigenvalue weighted by Gasteiger charge is -2.25. The molecule has 0 spiro atoms. The van der Waals surface area contributed by atoms with Gasteiger partial charge in [-0.15, -0.1) is 0 Å². The van der Waals surface area contributed by atoms with Crippen LogP contribution in [0, 0.1) is 0 Å². The van der Waals surface area contributed by atoms with Gasteiger partial charge in [-0.25, -0.2) is 0 Å². The van der Waals surface area contributed by atoms with Crippen LogP contribution in [0.4, 0.5) is 18.9 Å². The number of halogens is 3. The molecule has 3 nitrogen and oxygen atoms in total. The molecule has 1 aromatic carbocycles. The van der Waals surface area contributed by atoms with E-state index in [1.54, 1.807) is 6.92 Å². The number of hydrogen-bond donors (Lipinski definition) is 1. The van der Waals surface area contributed by atoms with Gasteiger partial charge in [-0.1, -0.05) is 6.92 Å². The van der Waals surface area contributed by atoms with Gasteiger partial charge in [0.25, 0.3) is 5.91 Å². The van der Waals surface area contributed by atoms with Crippen molar-refractivity contribution in [3.8, 4) is 5.75 Å². The van der Waals surface area contributed by atoms with E-state index in [9.17, 15) is 18.0 Å². The SMILES string of the molecule is CCC1Oc2cc(C(F)(F)F)ccc2NC1=O. The van der Waals surface area contributed by atoms with Crippen molar-refractivity contribution in [1.29, 1.82) is 0 Å². The molecule has 1 aliphatic heterocycles. The zero-order valence-electron chi connectivity index (χ0n) is 8.97. The Balaban J connectivity index is 2.37. The molecule has 1 amide bonds. The Labute approximate surface area is 95.6 Å². The number of fused-ring (bicyclic) bond motifs is 1. The van der Waals surface area contributed by atoms with Crippen LogP contribution in [0.2, 0.25) is 0 Å². The second-order valence-corrected chi connectivity index (χ2v) is 3.71. The molecule has 0 saturated heterocycles. The van der Waals surface area contributed by atoms with Crippen LogP contribution >= 0.6 is 0 Å². The molecule has 1 N–H and O–H groups in total. The monoisotopic (exact) mass is 245 g/mol. The van der Waals surface area contributed by atoms with Crippen molar-refractivity contribution in [3.05, 3.63) is 23.8 Å². The molecule has 0 radical (unpaired) electrons. The highest BCUT2D eigenvalue weighted by Gasteiger charge is 2.33. The lowest BCUT2D eigenvalue weighted by molar-refractivity contribution is -0.137. The number of carbonyl (C=O) groups is 1. The van der Waals surface area contributed by atoms with Crippen LogP contribution in [-0.4, -0.2) is 12.0 Å². The van der Waals surface area contributed by atoms with E-state index in [-0.39, 0.29) is 17.3 Å². The number of alkyl halides is 3. The van der Waals surface area contributed by atoms with Crippen LogP contribution in [0.15, 0.2) is 18.2 Å². The van der Waals surface area contributed by atoms with E-state index in [1.165, 1.54) is 6.07 Å². The Kier molecular flexibility index (Phi) is 2.73. The van der Waals surface area contributed by atoms with Crippen molar-refractivity contribution in [2.45, 2.75) is 25.6 Å². The molecule has 1 unspecified atom stereocenters. The van der Waals surface area contributed by atoms with Gasteiger partial charge < -0.3 is 10.1 Å². The zero-order valence-corrected chi connectivity index (χ0v) is 8.97. The average Bonchev–Trinajstić information content (AvgIpc) is 2.26. The van der Waals surface area contributed by atoms with Crippen molar-refractivity contribution in [3.63, 3.8) is 0 Å². The number of anilines is 1. The molecule has 17 heavy (non-hydrogen) atoms. The summed E-state index contributed by atoms with van der Waals surface area (Å²) in [6, 6.07) is 3.01. The number of ether oxygens (including phenoxy) is 1. The number of hydrogen-bond acceptors (Lipinski definition) is 2. The summed E-state index contributed by atoms with van der Waals surface area (Å²) in [5.41, 5.74) is -0.519. The minimum absolute atomic E-state index is 0.0614. The first-order valence-electron chi connectivity index (χ1n) is 5.10. The highest BCUT2D eigenvalue weighted by Crippen LogP contribution is 2.37. The molecular weight excluding hydrogens is 235 g/mol. The van der Waals surface area contributed by atoms with Crippen molar-refractivity contribution in [1.82, 2.24) is 0 Å². The standard InChI is InChI=1S/C11H10F3NO2/c1-2-8-10(16)15-7-4-3-6(11(12,13)14)5-9(7)17-8/h3-5,8H,2H2,1H3,(H,15,16). The summed E-state index contributed by atoms with van der Waals surface area (Å²) in [7, 11) is 0. The fraction of sp³-hybridized carbons (Fsp3) is 0.364. The zero-order chi connectivity index (χ0) is 12.6. The molecule has 6 heteroatoms. The van der Waals surface area contributed by atoms with Crippen molar-refractivity contribution < 1.29 is 22.7 Å². The predicted molar refractivity (Wildman–Crippen MR) is 54.8 cm³/mol. The minimum atomic E-state index is -4.42. The van der Waals surface area contributed by atoms with Crippen LogP contribution in [0.25, 0.3) is 0 Å². The molecule has 1 aliphatic rings. The van der Waals surface area contributed by atoms with Gasteiger partial charge in [0.2, 0.25) is 0 Å². The summed E-state index contributed by atoms with van der Waals surface area (Å²) in [4.78, 5) is 11.4. The number of benzene rings is 1. The molecule has 1 heterocycles. The largest absolute Gasteiger partial charge is 0.478 e. The highest BCUT2D eigenvalue weighted by atomic mass is 19.4. The summed E-state index contributed by atoms with van der Waals surface area (Å²) in [6.45, 7) is 1.73. The third-order valence-corrected chi connectivity index (χ3v) is 2.50. The first kappa shape index (κ1) is 11.8.